The minimum absolute atomic E-state index is 0.0335. The van der Waals surface area contributed by atoms with Gasteiger partial charge in [-0.15, -0.1) is 0 Å². The third kappa shape index (κ3) is 5.04. The zero-order chi connectivity index (χ0) is 18.4. The summed E-state index contributed by atoms with van der Waals surface area (Å²) < 4.78 is 5.80. The second kappa shape index (κ2) is 8.28. The molecule has 2 aromatic carbocycles. The number of aryl methyl sites for hydroxylation is 2. The molecule has 0 unspecified atom stereocenters. The van der Waals surface area contributed by atoms with Crippen molar-refractivity contribution in [2.24, 2.45) is 0 Å². The van der Waals surface area contributed by atoms with E-state index in [1.165, 1.54) is 29.8 Å². The van der Waals surface area contributed by atoms with E-state index in [0.29, 0.717) is 25.1 Å². The lowest BCUT2D eigenvalue weighted by molar-refractivity contribution is -0.384. The SMILES string of the molecule is Cc1cc(C)c(C)c(OCCCNC(=O)c2ccc([N+](=O)[O-])cc2)c1. The van der Waals surface area contributed by atoms with Crippen LogP contribution in [-0.2, 0) is 0 Å². The Labute approximate surface area is 147 Å². The highest BCUT2D eigenvalue weighted by atomic mass is 16.6. The van der Waals surface area contributed by atoms with Gasteiger partial charge in [0.25, 0.3) is 11.6 Å². The van der Waals surface area contributed by atoms with E-state index < -0.39 is 4.92 Å². The predicted molar refractivity (Wildman–Crippen MR) is 96.2 cm³/mol. The fourth-order valence-electron chi connectivity index (χ4n) is 2.44. The Hall–Kier alpha value is -2.89. The second-order valence-electron chi connectivity index (χ2n) is 5.97. The number of non-ortho nitro benzene ring substituents is 1. The Kier molecular flexibility index (Phi) is 6.11. The first-order chi connectivity index (χ1) is 11.9. The summed E-state index contributed by atoms with van der Waals surface area (Å²) in [6.07, 6.45) is 0.672. The van der Waals surface area contributed by atoms with Crippen LogP contribution in [0, 0.1) is 30.9 Å². The first-order valence-corrected chi connectivity index (χ1v) is 8.12. The highest BCUT2D eigenvalue weighted by molar-refractivity contribution is 5.94. The summed E-state index contributed by atoms with van der Waals surface area (Å²) in [6.45, 7) is 7.09. The third-order valence-corrected chi connectivity index (χ3v) is 3.97. The minimum atomic E-state index is -0.492. The van der Waals surface area contributed by atoms with Crippen LogP contribution >= 0.6 is 0 Å². The van der Waals surface area contributed by atoms with Crippen molar-refractivity contribution in [1.82, 2.24) is 5.32 Å². The van der Waals surface area contributed by atoms with Gasteiger partial charge in [0.2, 0.25) is 0 Å². The van der Waals surface area contributed by atoms with Gasteiger partial charge in [0, 0.05) is 24.2 Å². The van der Waals surface area contributed by atoms with Gasteiger partial charge in [-0.3, -0.25) is 14.9 Å². The maximum Gasteiger partial charge on any atom is 0.269 e. The number of carbonyl (C=O) groups is 1. The number of rotatable bonds is 7. The molecule has 0 atom stereocenters. The number of carbonyl (C=O) groups excluding carboxylic acids is 1. The molecule has 0 aromatic heterocycles. The first kappa shape index (κ1) is 18.4. The maximum atomic E-state index is 12.0. The second-order valence-corrected chi connectivity index (χ2v) is 5.97. The lowest BCUT2D eigenvalue weighted by atomic mass is 10.1. The van der Waals surface area contributed by atoms with Crippen molar-refractivity contribution in [3.63, 3.8) is 0 Å². The monoisotopic (exact) mass is 342 g/mol. The van der Waals surface area contributed by atoms with Gasteiger partial charge in [-0.25, -0.2) is 0 Å². The van der Waals surface area contributed by atoms with Crippen LogP contribution in [0.5, 0.6) is 5.75 Å². The number of nitro benzene ring substituents is 1. The average Bonchev–Trinajstić information content (AvgIpc) is 2.58. The van der Waals surface area contributed by atoms with Crippen LogP contribution in [-0.4, -0.2) is 24.0 Å². The summed E-state index contributed by atoms with van der Waals surface area (Å²) in [7, 11) is 0. The molecule has 0 bridgehead atoms. The summed E-state index contributed by atoms with van der Waals surface area (Å²) in [5.74, 6) is 0.622. The predicted octanol–water partition coefficient (Wildman–Crippen LogP) is 3.72. The Balaban J connectivity index is 1.77. The van der Waals surface area contributed by atoms with Gasteiger partial charge < -0.3 is 10.1 Å². The van der Waals surface area contributed by atoms with Crippen LogP contribution in [0.15, 0.2) is 36.4 Å². The summed E-state index contributed by atoms with van der Waals surface area (Å²) in [6, 6.07) is 9.66. The smallest absolute Gasteiger partial charge is 0.269 e. The van der Waals surface area contributed by atoms with Gasteiger partial charge in [0.15, 0.2) is 0 Å². The molecule has 2 rings (SSSR count). The molecule has 0 aliphatic heterocycles. The quantitative estimate of drug-likeness (QED) is 0.472. The number of nitro groups is 1. The Morgan fingerprint density at radius 2 is 1.84 bits per heavy atom. The Morgan fingerprint density at radius 3 is 2.48 bits per heavy atom. The van der Waals surface area contributed by atoms with Gasteiger partial charge in [0.05, 0.1) is 11.5 Å². The number of hydrogen-bond acceptors (Lipinski definition) is 4. The molecule has 0 fully saturated rings. The molecule has 2 aromatic rings. The molecule has 0 aliphatic carbocycles. The van der Waals surface area contributed by atoms with Gasteiger partial charge in [-0.1, -0.05) is 6.07 Å². The fraction of sp³-hybridized carbons (Fsp3) is 0.316. The van der Waals surface area contributed by atoms with Crippen LogP contribution in [0.4, 0.5) is 5.69 Å². The van der Waals surface area contributed by atoms with Crippen molar-refractivity contribution < 1.29 is 14.5 Å². The molecule has 0 saturated carbocycles. The Morgan fingerprint density at radius 1 is 1.16 bits per heavy atom. The van der Waals surface area contributed by atoms with E-state index >= 15 is 0 Å². The summed E-state index contributed by atoms with van der Waals surface area (Å²) >= 11 is 0. The van der Waals surface area contributed by atoms with Crippen LogP contribution in [0.3, 0.4) is 0 Å². The van der Waals surface area contributed by atoms with Crippen LogP contribution in [0.25, 0.3) is 0 Å². The number of hydrogen-bond donors (Lipinski definition) is 1. The summed E-state index contributed by atoms with van der Waals surface area (Å²) in [5.41, 5.74) is 3.84. The van der Waals surface area contributed by atoms with E-state index in [1.54, 1.807) is 0 Å². The standard InChI is InChI=1S/C19H22N2O4/c1-13-11-14(2)15(3)18(12-13)25-10-4-9-20-19(22)16-5-7-17(8-6-16)21(23)24/h5-8,11-12H,4,9-10H2,1-3H3,(H,20,22). The molecule has 6 nitrogen and oxygen atoms in total. The molecule has 0 aliphatic rings. The molecule has 0 spiro atoms. The molecular weight excluding hydrogens is 320 g/mol. The normalized spacial score (nSPS) is 10.4. The highest BCUT2D eigenvalue weighted by Gasteiger charge is 2.09. The van der Waals surface area contributed by atoms with Gasteiger partial charge in [-0.2, -0.15) is 0 Å². The Bertz CT molecular complexity index is 770. The van der Waals surface area contributed by atoms with E-state index in [9.17, 15) is 14.9 Å². The van der Waals surface area contributed by atoms with E-state index in [0.717, 1.165) is 16.9 Å². The largest absolute Gasteiger partial charge is 0.493 e. The van der Waals surface area contributed by atoms with Crippen LogP contribution in [0.1, 0.15) is 33.5 Å². The zero-order valence-electron chi connectivity index (χ0n) is 14.7. The van der Waals surface area contributed by atoms with Crippen molar-refractivity contribution in [3.05, 3.63) is 68.8 Å². The molecule has 0 saturated heterocycles. The summed E-state index contributed by atoms with van der Waals surface area (Å²) in [4.78, 5) is 22.1. The molecule has 6 heteroatoms. The number of nitrogens with one attached hydrogen (secondary N) is 1. The first-order valence-electron chi connectivity index (χ1n) is 8.12. The van der Waals surface area contributed by atoms with Gasteiger partial charge in [-0.05, 0) is 62.1 Å². The van der Waals surface area contributed by atoms with Gasteiger partial charge in [0.1, 0.15) is 5.75 Å². The average molecular weight is 342 g/mol. The lowest BCUT2D eigenvalue weighted by Crippen LogP contribution is -2.25. The molecular formula is C19H22N2O4. The van der Waals surface area contributed by atoms with E-state index in [4.69, 9.17) is 4.74 Å². The molecule has 0 heterocycles. The van der Waals surface area contributed by atoms with Crippen molar-refractivity contribution >= 4 is 11.6 Å². The van der Waals surface area contributed by atoms with Crippen molar-refractivity contribution in [2.45, 2.75) is 27.2 Å². The third-order valence-electron chi connectivity index (χ3n) is 3.97. The summed E-state index contributed by atoms with van der Waals surface area (Å²) in [5, 5.41) is 13.4. The van der Waals surface area contributed by atoms with E-state index in [-0.39, 0.29) is 11.6 Å². The van der Waals surface area contributed by atoms with Crippen molar-refractivity contribution in [1.29, 1.82) is 0 Å². The number of benzene rings is 2. The zero-order valence-corrected chi connectivity index (χ0v) is 14.7. The minimum Gasteiger partial charge on any atom is -0.493 e. The topological polar surface area (TPSA) is 81.5 Å². The van der Waals surface area contributed by atoms with Crippen LogP contribution in [0.2, 0.25) is 0 Å². The van der Waals surface area contributed by atoms with Gasteiger partial charge >= 0.3 is 0 Å². The lowest BCUT2D eigenvalue weighted by Gasteiger charge is -2.12. The number of amides is 1. The molecule has 25 heavy (non-hydrogen) atoms. The highest BCUT2D eigenvalue weighted by Crippen LogP contribution is 2.23. The number of ether oxygens (including phenoxy) is 1. The molecule has 1 amide bonds. The van der Waals surface area contributed by atoms with E-state index in [2.05, 4.69) is 18.3 Å². The molecule has 132 valence electrons. The van der Waals surface area contributed by atoms with E-state index in [1.807, 2.05) is 19.9 Å². The fourth-order valence-corrected chi connectivity index (χ4v) is 2.44. The van der Waals surface area contributed by atoms with Crippen molar-refractivity contribution in [3.8, 4) is 5.75 Å². The molecule has 1 N–H and O–H groups in total. The maximum absolute atomic E-state index is 12.0. The van der Waals surface area contributed by atoms with Crippen molar-refractivity contribution in [2.75, 3.05) is 13.2 Å². The van der Waals surface area contributed by atoms with Crippen LogP contribution < -0.4 is 10.1 Å². The number of nitrogens with zero attached hydrogens (tertiary/aromatic N) is 1. The molecule has 0 radical (unpaired) electrons.